The first-order valence-electron chi connectivity index (χ1n) is 3.45. The molecular weight excluding hydrogens is 165 g/mol. The fraction of sp³-hybridized carbons (Fsp3) is 1.00. The molecule has 0 aromatic rings. The Bertz CT molecular complexity index is 63.3. The fourth-order valence-corrected chi connectivity index (χ4v) is 0.671. The molecular formula is C6H18NO3P. The summed E-state index contributed by atoms with van der Waals surface area (Å²) < 4.78 is 8.46. The molecule has 0 fully saturated rings. The average molecular weight is 183 g/mol. The van der Waals surface area contributed by atoms with Crippen LogP contribution in [0.3, 0.4) is 0 Å². The van der Waals surface area contributed by atoms with Crippen LogP contribution in [0.15, 0.2) is 0 Å². The molecule has 0 aliphatic rings. The summed E-state index contributed by atoms with van der Waals surface area (Å²) in [7, 11) is -0.833. The number of nitrogens with zero attached hydrogens (tertiary/aromatic N) is 1. The van der Waals surface area contributed by atoms with Gasteiger partial charge in [0.05, 0.1) is 0 Å². The van der Waals surface area contributed by atoms with Gasteiger partial charge in [-0.1, -0.05) is 20.8 Å². The van der Waals surface area contributed by atoms with Crippen LogP contribution in [-0.4, -0.2) is 34.9 Å². The molecule has 0 aromatic heterocycles. The number of hydrogen-bond acceptors (Lipinski definition) is 2. The van der Waals surface area contributed by atoms with Crippen molar-refractivity contribution in [2.75, 3.05) is 19.6 Å². The molecule has 0 saturated carbocycles. The maximum atomic E-state index is 8.46. The Morgan fingerprint density at radius 1 is 1.18 bits per heavy atom. The quantitative estimate of drug-likeness (QED) is 0.655. The standard InChI is InChI=1S/C6H15N.HO2P.H2O/c1-4-7(5-2)6-3;1-3-2;/h4-6H2,1-3H3;(H,1,2);1H2. The lowest BCUT2D eigenvalue weighted by atomic mass is 10.5. The summed E-state index contributed by atoms with van der Waals surface area (Å²) >= 11 is 0. The van der Waals surface area contributed by atoms with Gasteiger partial charge in [-0.15, -0.1) is 0 Å². The highest BCUT2D eigenvalue weighted by Gasteiger charge is 1.89. The molecule has 0 amide bonds. The molecule has 0 aliphatic heterocycles. The minimum absolute atomic E-state index is 0. The van der Waals surface area contributed by atoms with Gasteiger partial charge in [0.15, 0.2) is 0 Å². The first-order chi connectivity index (χ1) is 4.76. The van der Waals surface area contributed by atoms with Gasteiger partial charge >= 0.3 is 8.69 Å². The van der Waals surface area contributed by atoms with Gasteiger partial charge in [0.1, 0.15) is 0 Å². The monoisotopic (exact) mass is 183 g/mol. The van der Waals surface area contributed by atoms with Crippen molar-refractivity contribution >= 4 is 8.69 Å². The smallest absolute Gasteiger partial charge is 0.324 e. The molecule has 3 N–H and O–H groups in total. The second-order valence-corrected chi connectivity index (χ2v) is 1.86. The van der Waals surface area contributed by atoms with Crippen LogP contribution in [0.2, 0.25) is 0 Å². The average Bonchev–Trinajstić information content (AvgIpc) is 1.93. The van der Waals surface area contributed by atoms with E-state index in [1.807, 2.05) is 0 Å². The molecule has 4 nitrogen and oxygen atoms in total. The Balaban J connectivity index is -0.000000140. The summed E-state index contributed by atoms with van der Waals surface area (Å²) in [5.41, 5.74) is 0. The largest absolute Gasteiger partial charge is 0.412 e. The second-order valence-electron chi connectivity index (χ2n) is 1.70. The van der Waals surface area contributed by atoms with Crippen LogP contribution in [0, 0.1) is 0 Å². The molecule has 5 heteroatoms. The van der Waals surface area contributed by atoms with Gasteiger partial charge in [-0.25, -0.2) is 4.57 Å². The SMILES string of the molecule is CCN(CC)CC.O.O=PO. The predicted molar refractivity (Wildman–Crippen MR) is 46.9 cm³/mol. The van der Waals surface area contributed by atoms with E-state index in [1.54, 1.807) is 0 Å². The topological polar surface area (TPSA) is 72.0 Å². The van der Waals surface area contributed by atoms with E-state index in [0.29, 0.717) is 0 Å². The first kappa shape index (κ1) is 17.2. The van der Waals surface area contributed by atoms with Crippen molar-refractivity contribution in [3.05, 3.63) is 0 Å². The van der Waals surface area contributed by atoms with Crippen molar-refractivity contribution in [2.45, 2.75) is 20.8 Å². The maximum absolute atomic E-state index is 8.46. The van der Waals surface area contributed by atoms with Gasteiger partial charge in [-0.3, -0.25) is 0 Å². The molecule has 0 rings (SSSR count). The third-order valence-corrected chi connectivity index (χ3v) is 1.34. The second kappa shape index (κ2) is 16.5. The summed E-state index contributed by atoms with van der Waals surface area (Å²) in [6, 6.07) is 0. The maximum Gasteiger partial charge on any atom is 0.324 e. The van der Waals surface area contributed by atoms with Crippen molar-refractivity contribution in [3.8, 4) is 0 Å². The van der Waals surface area contributed by atoms with Gasteiger partial charge in [0.2, 0.25) is 0 Å². The van der Waals surface area contributed by atoms with Crippen molar-refractivity contribution in [3.63, 3.8) is 0 Å². The minimum atomic E-state index is -0.833. The summed E-state index contributed by atoms with van der Waals surface area (Å²) in [5, 5.41) is 0. The van der Waals surface area contributed by atoms with E-state index >= 15 is 0 Å². The van der Waals surface area contributed by atoms with E-state index in [4.69, 9.17) is 9.46 Å². The van der Waals surface area contributed by atoms with E-state index in [2.05, 4.69) is 25.7 Å². The van der Waals surface area contributed by atoms with Crippen molar-refractivity contribution < 1.29 is 14.9 Å². The van der Waals surface area contributed by atoms with Crippen LogP contribution in [-0.2, 0) is 4.57 Å². The van der Waals surface area contributed by atoms with Crippen LogP contribution in [0.25, 0.3) is 0 Å². The van der Waals surface area contributed by atoms with E-state index in [-0.39, 0.29) is 5.48 Å². The Hall–Kier alpha value is -0.0200. The molecule has 0 spiro atoms. The molecule has 0 radical (unpaired) electrons. The molecule has 0 unspecified atom stereocenters. The minimum Gasteiger partial charge on any atom is -0.412 e. The van der Waals surface area contributed by atoms with Crippen molar-refractivity contribution in [1.82, 2.24) is 4.90 Å². The molecule has 70 valence electrons. The fourth-order valence-electron chi connectivity index (χ4n) is 0.671. The van der Waals surface area contributed by atoms with E-state index in [0.717, 1.165) is 0 Å². The summed E-state index contributed by atoms with van der Waals surface area (Å²) in [5.74, 6) is 0. The third kappa shape index (κ3) is 17.8. The van der Waals surface area contributed by atoms with Crippen LogP contribution in [0.5, 0.6) is 0 Å². The number of rotatable bonds is 3. The zero-order valence-corrected chi connectivity index (χ0v) is 8.27. The summed E-state index contributed by atoms with van der Waals surface area (Å²) in [6.07, 6.45) is 0. The van der Waals surface area contributed by atoms with Gasteiger partial charge in [0.25, 0.3) is 0 Å². The lowest BCUT2D eigenvalue weighted by Crippen LogP contribution is -2.21. The highest BCUT2D eigenvalue weighted by atomic mass is 31.1. The molecule has 11 heavy (non-hydrogen) atoms. The number of hydrogen-bond donors (Lipinski definition) is 1. The van der Waals surface area contributed by atoms with E-state index < -0.39 is 8.69 Å². The molecule has 0 heterocycles. The first-order valence-corrected chi connectivity index (χ1v) is 4.22. The molecule has 0 atom stereocenters. The van der Waals surface area contributed by atoms with Gasteiger partial charge < -0.3 is 15.3 Å². The summed E-state index contributed by atoms with van der Waals surface area (Å²) in [6.45, 7) is 10.1. The highest BCUT2D eigenvalue weighted by molar-refractivity contribution is 7.16. The zero-order valence-electron chi connectivity index (χ0n) is 7.37. The molecule has 0 bridgehead atoms. The predicted octanol–water partition coefficient (Wildman–Crippen LogP) is 0.709. The van der Waals surface area contributed by atoms with E-state index in [1.165, 1.54) is 19.6 Å². The van der Waals surface area contributed by atoms with Crippen LogP contribution >= 0.6 is 8.69 Å². The Morgan fingerprint density at radius 3 is 1.36 bits per heavy atom. The molecule has 0 saturated heterocycles. The normalized spacial score (nSPS) is 8.45. The Morgan fingerprint density at radius 2 is 1.36 bits per heavy atom. The van der Waals surface area contributed by atoms with Crippen molar-refractivity contribution in [1.29, 1.82) is 0 Å². The lowest BCUT2D eigenvalue weighted by molar-refractivity contribution is 0.321. The van der Waals surface area contributed by atoms with E-state index in [9.17, 15) is 0 Å². The summed E-state index contributed by atoms with van der Waals surface area (Å²) in [4.78, 5) is 9.36. The molecule has 0 aliphatic carbocycles. The Labute approximate surface area is 69.8 Å². The van der Waals surface area contributed by atoms with Crippen molar-refractivity contribution in [2.24, 2.45) is 0 Å². The Kier molecular flexibility index (Phi) is 25.8. The van der Waals surface area contributed by atoms with Crippen LogP contribution in [0.4, 0.5) is 0 Å². The third-order valence-electron chi connectivity index (χ3n) is 1.34. The zero-order chi connectivity index (χ0) is 8.41. The lowest BCUT2D eigenvalue weighted by Gasteiger charge is -2.13. The van der Waals surface area contributed by atoms with Gasteiger partial charge in [-0.2, -0.15) is 0 Å². The van der Waals surface area contributed by atoms with Crippen LogP contribution < -0.4 is 0 Å². The van der Waals surface area contributed by atoms with Crippen LogP contribution in [0.1, 0.15) is 20.8 Å². The van der Waals surface area contributed by atoms with Gasteiger partial charge in [-0.05, 0) is 19.6 Å². The molecule has 0 aromatic carbocycles. The highest BCUT2D eigenvalue weighted by Crippen LogP contribution is 1.81. The van der Waals surface area contributed by atoms with Gasteiger partial charge in [0, 0.05) is 0 Å².